The van der Waals surface area contributed by atoms with Gasteiger partial charge in [-0.15, -0.1) is 0 Å². The number of likely N-dealkylation sites (tertiary alicyclic amines) is 1. The zero-order valence-corrected chi connectivity index (χ0v) is 9.95. The average molecular weight is 214 g/mol. The third-order valence-electron chi connectivity index (χ3n) is 2.31. The van der Waals surface area contributed by atoms with Crippen LogP contribution in [0.4, 0.5) is 0 Å². The lowest BCUT2D eigenvalue weighted by Crippen LogP contribution is -2.31. The molecule has 1 aliphatic rings. The van der Waals surface area contributed by atoms with E-state index >= 15 is 0 Å². The molecule has 1 saturated heterocycles. The Hall–Kier alpha value is -0.900. The predicted molar refractivity (Wildman–Crippen MR) is 60.1 cm³/mol. The van der Waals surface area contributed by atoms with Crippen LogP contribution in [0.15, 0.2) is 0 Å². The highest BCUT2D eigenvalue weighted by atomic mass is 16.2. The van der Waals surface area contributed by atoms with Crippen molar-refractivity contribution in [2.75, 3.05) is 13.1 Å². The second-order valence-corrected chi connectivity index (χ2v) is 3.48. The molecule has 4 heteroatoms. The molecular weight excluding hydrogens is 192 g/mol. The van der Waals surface area contributed by atoms with Crippen LogP contribution in [0.25, 0.3) is 0 Å². The van der Waals surface area contributed by atoms with E-state index in [1.165, 1.54) is 4.90 Å². The standard InChI is InChI=1S/C9H16N2O2.C2H6/c1-7-6-8(12)11(9(7)13)5-3-2-4-10;1-2/h7H,2-6,10H2,1H3;1-2H3. The molecule has 0 aromatic carbocycles. The van der Waals surface area contributed by atoms with Crippen molar-refractivity contribution in [1.82, 2.24) is 4.90 Å². The normalized spacial score (nSPS) is 20.3. The molecule has 2 amide bonds. The van der Waals surface area contributed by atoms with E-state index in [0.717, 1.165) is 12.8 Å². The summed E-state index contributed by atoms with van der Waals surface area (Å²) in [5.74, 6) is -0.179. The fraction of sp³-hybridized carbons (Fsp3) is 0.818. The Kier molecular flexibility index (Phi) is 6.96. The quantitative estimate of drug-likeness (QED) is 0.564. The van der Waals surface area contributed by atoms with E-state index in [2.05, 4.69) is 0 Å². The van der Waals surface area contributed by atoms with E-state index in [1.807, 2.05) is 13.8 Å². The van der Waals surface area contributed by atoms with Crippen LogP contribution in [-0.4, -0.2) is 29.8 Å². The van der Waals surface area contributed by atoms with Crippen LogP contribution >= 0.6 is 0 Å². The molecule has 0 radical (unpaired) electrons. The maximum Gasteiger partial charge on any atom is 0.232 e. The van der Waals surface area contributed by atoms with E-state index in [9.17, 15) is 9.59 Å². The van der Waals surface area contributed by atoms with Crippen LogP contribution in [0.5, 0.6) is 0 Å². The number of amides is 2. The van der Waals surface area contributed by atoms with Gasteiger partial charge in [-0.05, 0) is 19.4 Å². The first-order chi connectivity index (χ1) is 7.16. The smallest absolute Gasteiger partial charge is 0.232 e. The second kappa shape index (κ2) is 7.40. The summed E-state index contributed by atoms with van der Waals surface area (Å²) >= 11 is 0. The number of unbranched alkanes of at least 4 members (excludes halogenated alkanes) is 1. The molecule has 0 aliphatic carbocycles. The Balaban J connectivity index is 0.000000921. The molecule has 1 rings (SSSR count). The number of nitrogens with two attached hydrogens (primary N) is 1. The minimum absolute atomic E-state index is 0.0259. The molecule has 15 heavy (non-hydrogen) atoms. The second-order valence-electron chi connectivity index (χ2n) is 3.48. The molecule has 2 N–H and O–H groups in total. The molecule has 0 aromatic rings. The maximum absolute atomic E-state index is 11.4. The number of carbonyl (C=O) groups excluding carboxylic acids is 2. The Bertz CT molecular complexity index is 217. The first-order valence-electron chi connectivity index (χ1n) is 5.71. The Labute approximate surface area is 91.8 Å². The minimum atomic E-state index is -0.120. The summed E-state index contributed by atoms with van der Waals surface area (Å²) in [4.78, 5) is 24.0. The fourth-order valence-corrected chi connectivity index (χ4v) is 1.50. The molecule has 1 atom stereocenters. The zero-order valence-electron chi connectivity index (χ0n) is 9.95. The third kappa shape index (κ3) is 4.00. The van der Waals surface area contributed by atoms with Gasteiger partial charge in [0.1, 0.15) is 0 Å². The highest BCUT2D eigenvalue weighted by molar-refractivity contribution is 6.03. The van der Waals surface area contributed by atoms with Crippen LogP contribution in [0.1, 0.15) is 40.0 Å². The Morgan fingerprint density at radius 3 is 2.33 bits per heavy atom. The van der Waals surface area contributed by atoms with Crippen molar-refractivity contribution in [2.45, 2.75) is 40.0 Å². The summed E-state index contributed by atoms with van der Waals surface area (Å²) in [5, 5.41) is 0. The van der Waals surface area contributed by atoms with Crippen molar-refractivity contribution in [3.63, 3.8) is 0 Å². The number of carbonyl (C=O) groups is 2. The van der Waals surface area contributed by atoms with Gasteiger partial charge >= 0.3 is 0 Å². The van der Waals surface area contributed by atoms with Gasteiger partial charge in [0, 0.05) is 18.9 Å². The van der Waals surface area contributed by atoms with E-state index in [4.69, 9.17) is 5.73 Å². The fourth-order valence-electron chi connectivity index (χ4n) is 1.50. The number of hydrogen-bond donors (Lipinski definition) is 1. The number of hydrogen-bond acceptors (Lipinski definition) is 3. The van der Waals surface area contributed by atoms with Gasteiger partial charge in [0.2, 0.25) is 11.8 Å². The predicted octanol–water partition coefficient (Wildman–Crippen LogP) is 1.15. The molecule has 1 aliphatic heterocycles. The molecule has 88 valence electrons. The van der Waals surface area contributed by atoms with E-state index in [1.54, 1.807) is 6.92 Å². The highest BCUT2D eigenvalue weighted by Crippen LogP contribution is 2.18. The SMILES string of the molecule is CC.CC1CC(=O)N(CCCCN)C1=O. The maximum atomic E-state index is 11.4. The van der Waals surface area contributed by atoms with Gasteiger partial charge < -0.3 is 5.73 Å². The van der Waals surface area contributed by atoms with Crippen molar-refractivity contribution in [3.05, 3.63) is 0 Å². The van der Waals surface area contributed by atoms with Crippen molar-refractivity contribution < 1.29 is 9.59 Å². The topological polar surface area (TPSA) is 63.4 Å². The van der Waals surface area contributed by atoms with Crippen molar-refractivity contribution in [1.29, 1.82) is 0 Å². The molecule has 1 unspecified atom stereocenters. The average Bonchev–Trinajstić information content (AvgIpc) is 2.48. The number of rotatable bonds is 4. The summed E-state index contributed by atoms with van der Waals surface area (Å²) in [7, 11) is 0. The van der Waals surface area contributed by atoms with Gasteiger partial charge in [-0.25, -0.2) is 0 Å². The zero-order chi connectivity index (χ0) is 11.8. The molecule has 0 aromatic heterocycles. The Morgan fingerprint density at radius 2 is 1.93 bits per heavy atom. The third-order valence-corrected chi connectivity index (χ3v) is 2.31. The number of nitrogens with zero attached hydrogens (tertiary/aromatic N) is 1. The number of imide groups is 1. The van der Waals surface area contributed by atoms with E-state index in [-0.39, 0.29) is 17.7 Å². The van der Waals surface area contributed by atoms with Crippen LogP contribution in [0.2, 0.25) is 0 Å². The molecule has 0 bridgehead atoms. The molecule has 1 heterocycles. The lowest BCUT2D eigenvalue weighted by Gasteiger charge is -2.13. The van der Waals surface area contributed by atoms with Crippen molar-refractivity contribution in [3.8, 4) is 0 Å². The molecule has 1 fully saturated rings. The van der Waals surface area contributed by atoms with Crippen LogP contribution < -0.4 is 5.73 Å². The lowest BCUT2D eigenvalue weighted by atomic mass is 10.1. The van der Waals surface area contributed by atoms with E-state index < -0.39 is 0 Å². The van der Waals surface area contributed by atoms with Crippen molar-refractivity contribution in [2.24, 2.45) is 11.7 Å². The highest BCUT2D eigenvalue weighted by Gasteiger charge is 2.34. The van der Waals surface area contributed by atoms with Crippen molar-refractivity contribution >= 4 is 11.8 Å². The van der Waals surface area contributed by atoms with Crippen LogP contribution in [0, 0.1) is 5.92 Å². The molecule has 0 spiro atoms. The molecule has 0 saturated carbocycles. The van der Waals surface area contributed by atoms with Crippen LogP contribution in [0.3, 0.4) is 0 Å². The first-order valence-corrected chi connectivity index (χ1v) is 5.71. The summed E-state index contributed by atoms with van der Waals surface area (Å²) in [6, 6.07) is 0. The van der Waals surface area contributed by atoms with Gasteiger partial charge in [0.15, 0.2) is 0 Å². The van der Waals surface area contributed by atoms with Gasteiger partial charge in [-0.2, -0.15) is 0 Å². The summed E-state index contributed by atoms with van der Waals surface area (Å²) < 4.78 is 0. The van der Waals surface area contributed by atoms with Gasteiger partial charge in [0.25, 0.3) is 0 Å². The summed E-state index contributed by atoms with van der Waals surface area (Å²) in [6.45, 7) is 6.95. The Morgan fingerprint density at radius 1 is 1.33 bits per heavy atom. The monoisotopic (exact) mass is 214 g/mol. The van der Waals surface area contributed by atoms with E-state index in [0.29, 0.717) is 19.5 Å². The minimum Gasteiger partial charge on any atom is -0.330 e. The lowest BCUT2D eigenvalue weighted by molar-refractivity contribution is -0.139. The molecule has 4 nitrogen and oxygen atoms in total. The van der Waals surface area contributed by atoms with Gasteiger partial charge in [0.05, 0.1) is 0 Å². The largest absolute Gasteiger partial charge is 0.330 e. The summed E-state index contributed by atoms with van der Waals surface area (Å²) in [6.07, 6.45) is 2.06. The van der Waals surface area contributed by atoms with Gasteiger partial charge in [-0.3, -0.25) is 14.5 Å². The van der Waals surface area contributed by atoms with Crippen LogP contribution in [-0.2, 0) is 9.59 Å². The molecular formula is C11H22N2O2. The first kappa shape index (κ1) is 14.1. The van der Waals surface area contributed by atoms with Gasteiger partial charge in [-0.1, -0.05) is 20.8 Å². The summed E-state index contributed by atoms with van der Waals surface area (Å²) in [5.41, 5.74) is 5.32.